The van der Waals surface area contributed by atoms with Gasteiger partial charge < -0.3 is 10.1 Å². The Balaban J connectivity index is 2.39. The zero-order valence-corrected chi connectivity index (χ0v) is 12.8. The van der Waals surface area contributed by atoms with Crippen LogP contribution in [0.15, 0.2) is 28.7 Å². The third-order valence-electron chi connectivity index (χ3n) is 2.33. The molecule has 0 saturated heterocycles. The monoisotopic (exact) mass is 381 g/mol. The highest BCUT2D eigenvalue weighted by molar-refractivity contribution is 9.10. The van der Waals surface area contributed by atoms with E-state index in [9.17, 15) is 13.2 Å². The molecular weight excluding hydrogens is 375 g/mol. The van der Waals surface area contributed by atoms with Gasteiger partial charge in [-0.2, -0.15) is 18.2 Å². The summed E-state index contributed by atoms with van der Waals surface area (Å²) in [7, 11) is 1.41. The highest BCUT2D eigenvalue weighted by Crippen LogP contribution is 2.34. The SMILES string of the molecule is CNc1nc(Oc2ccc(Br)cc2Cl)cc(C(F)(F)F)n1. The number of benzene rings is 1. The molecule has 1 heterocycles. The molecule has 1 aromatic heterocycles. The Hall–Kier alpha value is -1.54. The maximum atomic E-state index is 12.7. The van der Waals surface area contributed by atoms with Crippen molar-refractivity contribution in [2.75, 3.05) is 12.4 Å². The minimum atomic E-state index is -4.60. The molecule has 0 amide bonds. The number of nitrogens with zero attached hydrogens (tertiary/aromatic N) is 2. The summed E-state index contributed by atoms with van der Waals surface area (Å²) in [5, 5.41) is 2.69. The summed E-state index contributed by atoms with van der Waals surface area (Å²) in [4.78, 5) is 7.14. The number of anilines is 1. The Kier molecular flexibility index (Phi) is 4.58. The molecule has 21 heavy (non-hydrogen) atoms. The van der Waals surface area contributed by atoms with Crippen LogP contribution in [0.2, 0.25) is 5.02 Å². The molecule has 0 radical (unpaired) electrons. The second-order valence-electron chi connectivity index (χ2n) is 3.84. The highest BCUT2D eigenvalue weighted by atomic mass is 79.9. The number of alkyl halides is 3. The van der Waals surface area contributed by atoms with Crippen molar-refractivity contribution >= 4 is 33.5 Å². The lowest BCUT2D eigenvalue weighted by molar-refractivity contribution is -0.141. The van der Waals surface area contributed by atoms with Crippen molar-refractivity contribution in [1.82, 2.24) is 9.97 Å². The van der Waals surface area contributed by atoms with E-state index in [-0.39, 0.29) is 22.6 Å². The van der Waals surface area contributed by atoms with Crippen LogP contribution in [0.5, 0.6) is 11.6 Å². The summed E-state index contributed by atoms with van der Waals surface area (Å²) in [5.74, 6) is -0.271. The molecule has 4 nitrogen and oxygen atoms in total. The van der Waals surface area contributed by atoms with Crippen LogP contribution in [0.4, 0.5) is 19.1 Å². The van der Waals surface area contributed by atoms with Gasteiger partial charge in [-0.15, -0.1) is 0 Å². The van der Waals surface area contributed by atoms with E-state index in [4.69, 9.17) is 16.3 Å². The topological polar surface area (TPSA) is 47.0 Å². The molecule has 0 unspecified atom stereocenters. The van der Waals surface area contributed by atoms with Gasteiger partial charge in [0.05, 0.1) is 5.02 Å². The lowest BCUT2D eigenvalue weighted by Gasteiger charge is -2.11. The third kappa shape index (κ3) is 3.98. The third-order valence-corrected chi connectivity index (χ3v) is 3.11. The van der Waals surface area contributed by atoms with Crippen molar-refractivity contribution in [3.63, 3.8) is 0 Å². The van der Waals surface area contributed by atoms with Crippen molar-refractivity contribution < 1.29 is 17.9 Å². The molecule has 0 saturated carbocycles. The average Bonchev–Trinajstić information content (AvgIpc) is 2.40. The van der Waals surface area contributed by atoms with Gasteiger partial charge in [0.2, 0.25) is 11.8 Å². The summed E-state index contributed by atoms with van der Waals surface area (Å²) in [6.07, 6.45) is -4.60. The number of nitrogens with one attached hydrogen (secondary N) is 1. The molecule has 0 fully saturated rings. The van der Waals surface area contributed by atoms with Crippen LogP contribution in [0, 0.1) is 0 Å². The van der Waals surface area contributed by atoms with Crippen molar-refractivity contribution in [3.05, 3.63) is 39.5 Å². The molecule has 112 valence electrons. The second kappa shape index (κ2) is 6.07. The standard InChI is InChI=1S/C12H8BrClF3N3O/c1-18-11-19-9(12(15,16)17)5-10(20-11)21-8-3-2-6(13)4-7(8)14/h2-5H,1H3,(H,18,19,20). The van der Waals surface area contributed by atoms with Gasteiger partial charge in [0.25, 0.3) is 0 Å². The van der Waals surface area contributed by atoms with Gasteiger partial charge in [-0.25, -0.2) is 4.98 Å². The molecule has 0 bridgehead atoms. The van der Waals surface area contributed by atoms with Crippen molar-refractivity contribution in [2.24, 2.45) is 0 Å². The van der Waals surface area contributed by atoms with Gasteiger partial charge in [0.1, 0.15) is 5.75 Å². The number of hydrogen-bond donors (Lipinski definition) is 1. The lowest BCUT2D eigenvalue weighted by Crippen LogP contribution is -2.11. The minimum absolute atomic E-state index is 0.189. The van der Waals surface area contributed by atoms with Gasteiger partial charge in [-0.1, -0.05) is 27.5 Å². The van der Waals surface area contributed by atoms with Crippen LogP contribution < -0.4 is 10.1 Å². The Bertz CT molecular complexity index is 667. The Morgan fingerprint density at radius 3 is 2.52 bits per heavy atom. The Morgan fingerprint density at radius 1 is 1.24 bits per heavy atom. The molecule has 0 atom stereocenters. The summed E-state index contributed by atoms with van der Waals surface area (Å²) in [5.41, 5.74) is -1.11. The lowest BCUT2D eigenvalue weighted by atomic mass is 10.3. The van der Waals surface area contributed by atoms with Gasteiger partial charge in [0, 0.05) is 17.6 Å². The van der Waals surface area contributed by atoms with E-state index in [2.05, 4.69) is 31.2 Å². The average molecular weight is 383 g/mol. The maximum absolute atomic E-state index is 12.7. The van der Waals surface area contributed by atoms with Crippen LogP contribution in [0.1, 0.15) is 5.69 Å². The predicted molar refractivity (Wildman–Crippen MR) is 75.8 cm³/mol. The van der Waals surface area contributed by atoms with Crippen molar-refractivity contribution in [3.8, 4) is 11.6 Å². The normalized spacial score (nSPS) is 11.3. The highest BCUT2D eigenvalue weighted by Gasteiger charge is 2.34. The van der Waals surface area contributed by atoms with E-state index in [1.54, 1.807) is 12.1 Å². The summed E-state index contributed by atoms with van der Waals surface area (Å²) in [6.45, 7) is 0. The molecule has 9 heteroatoms. The smallest absolute Gasteiger partial charge is 0.433 e. The summed E-state index contributed by atoms with van der Waals surface area (Å²) >= 11 is 9.16. The van der Waals surface area contributed by atoms with Gasteiger partial charge in [0.15, 0.2) is 5.69 Å². The van der Waals surface area contributed by atoms with Gasteiger partial charge in [-0.05, 0) is 18.2 Å². The maximum Gasteiger partial charge on any atom is 0.433 e. The number of aromatic nitrogens is 2. The quantitative estimate of drug-likeness (QED) is 0.832. The number of rotatable bonds is 3. The van der Waals surface area contributed by atoms with Crippen LogP contribution in [0.25, 0.3) is 0 Å². The van der Waals surface area contributed by atoms with E-state index in [0.29, 0.717) is 6.07 Å². The van der Waals surface area contributed by atoms with Crippen LogP contribution in [0.3, 0.4) is 0 Å². The first-order chi connectivity index (χ1) is 9.79. The zero-order valence-electron chi connectivity index (χ0n) is 10.5. The van der Waals surface area contributed by atoms with Crippen molar-refractivity contribution in [1.29, 1.82) is 0 Å². The molecule has 0 aliphatic rings. The van der Waals surface area contributed by atoms with Gasteiger partial charge in [-0.3, -0.25) is 0 Å². The molecule has 2 aromatic rings. The first-order valence-corrected chi connectivity index (χ1v) is 6.73. The van der Waals surface area contributed by atoms with E-state index in [1.807, 2.05) is 0 Å². The fourth-order valence-electron chi connectivity index (χ4n) is 1.40. The van der Waals surface area contributed by atoms with Crippen LogP contribution in [-0.2, 0) is 6.18 Å². The number of hydrogen-bond acceptors (Lipinski definition) is 4. The first-order valence-electron chi connectivity index (χ1n) is 5.56. The molecule has 1 N–H and O–H groups in total. The van der Waals surface area contributed by atoms with E-state index in [0.717, 1.165) is 4.47 Å². The molecular formula is C12H8BrClF3N3O. The Morgan fingerprint density at radius 2 is 1.95 bits per heavy atom. The fraction of sp³-hybridized carbons (Fsp3) is 0.167. The summed E-state index contributed by atoms with van der Waals surface area (Å²) < 4.78 is 44.3. The molecule has 2 rings (SSSR count). The second-order valence-corrected chi connectivity index (χ2v) is 5.16. The number of halogens is 5. The minimum Gasteiger partial charge on any atom is -0.437 e. The van der Waals surface area contributed by atoms with Crippen molar-refractivity contribution in [2.45, 2.75) is 6.18 Å². The molecule has 0 aliphatic carbocycles. The predicted octanol–water partition coefficient (Wildman–Crippen LogP) is 4.75. The fourth-order valence-corrected chi connectivity index (χ4v) is 2.12. The van der Waals surface area contributed by atoms with E-state index in [1.165, 1.54) is 13.1 Å². The van der Waals surface area contributed by atoms with E-state index < -0.39 is 11.9 Å². The van der Waals surface area contributed by atoms with Crippen LogP contribution >= 0.6 is 27.5 Å². The van der Waals surface area contributed by atoms with E-state index >= 15 is 0 Å². The molecule has 0 aliphatic heterocycles. The Labute approximate surface area is 131 Å². The van der Waals surface area contributed by atoms with Crippen LogP contribution in [-0.4, -0.2) is 17.0 Å². The zero-order chi connectivity index (χ0) is 15.6. The summed E-state index contributed by atoms with van der Waals surface area (Å²) in [6, 6.07) is 5.42. The number of ether oxygens (including phenoxy) is 1. The molecule has 1 aromatic carbocycles. The largest absolute Gasteiger partial charge is 0.437 e. The first kappa shape index (κ1) is 15.8. The van der Waals surface area contributed by atoms with Gasteiger partial charge >= 0.3 is 6.18 Å². The molecule has 0 spiro atoms.